The van der Waals surface area contributed by atoms with Gasteiger partial charge in [-0.3, -0.25) is 0 Å². The first-order valence-corrected chi connectivity index (χ1v) is 7.61. The van der Waals surface area contributed by atoms with E-state index in [1.807, 2.05) is 25.2 Å². The molecule has 1 aliphatic heterocycles. The van der Waals surface area contributed by atoms with Crippen LogP contribution in [0.2, 0.25) is 0 Å². The maximum Gasteiger partial charge on any atom is 0.0839 e. The Hall–Kier alpha value is -1.53. The van der Waals surface area contributed by atoms with Crippen LogP contribution in [0.5, 0.6) is 0 Å². The summed E-state index contributed by atoms with van der Waals surface area (Å²) in [5, 5.41) is 9.48. The van der Waals surface area contributed by atoms with E-state index < -0.39 is 0 Å². The van der Waals surface area contributed by atoms with Crippen LogP contribution in [0.1, 0.15) is 26.2 Å². The van der Waals surface area contributed by atoms with Gasteiger partial charge in [0.2, 0.25) is 0 Å². The molecule has 1 saturated carbocycles. The van der Waals surface area contributed by atoms with E-state index in [9.17, 15) is 5.26 Å². The first kappa shape index (κ1) is 14.9. The molecule has 0 aromatic rings. The smallest absolute Gasteiger partial charge is 0.0839 e. The fraction of sp³-hybridized carbons (Fsp3) is 0.588. The van der Waals surface area contributed by atoms with Crippen molar-refractivity contribution < 1.29 is 0 Å². The molecule has 20 heavy (non-hydrogen) atoms. The van der Waals surface area contributed by atoms with Crippen LogP contribution in [0.15, 0.2) is 36.1 Å². The molecule has 2 N–H and O–H groups in total. The summed E-state index contributed by atoms with van der Waals surface area (Å²) in [6, 6.07) is 2.45. The van der Waals surface area contributed by atoms with E-state index >= 15 is 0 Å². The maximum absolute atomic E-state index is 9.48. The fourth-order valence-corrected chi connectivity index (χ4v) is 3.61. The number of nitrogens with two attached hydrogens (primary N) is 1. The minimum atomic E-state index is -0.0683. The van der Waals surface area contributed by atoms with E-state index in [-0.39, 0.29) is 5.92 Å². The Bertz CT molecular complexity index is 430. The lowest BCUT2D eigenvalue weighted by Gasteiger charge is -2.20. The summed E-state index contributed by atoms with van der Waals surface area (Å²) in [6.45, 7) is 5.18. The van der Waals surface area contributed by atoms with Gasteiger partial charge < -0.3 is 10.6 Å². The number of nitrogens with zero attached hydrogens (tertiary/aromatic N) is 2. The third kappa shape index (κ3) is 3.52. The van der Waals surface area contributed by atoms with Gasteiger partial charge >= 0.3 is 0 Å². The highest BCUT2D eigenvalue weighted by atomic mass is 15.2. The van der Waals surface area contributed by atoms with Crippen molar-refractivity contribution in [2.24, 2.45) is 23.5 Å². The van der Waals surface area contributed by atoms with Gasteiger partial charge in [0.25, 0.3) is 0 Å². The number of rotatable bonds is 5. The number of likely N-dealkylation sites (tertiary alicyclic amines) is 1. The van der Waals surface area contributed by atoms with E-state index in [0.717, 1.165) is 24.0 Å². The number of nitriles is 1. The first-order chi connectivity index (χ1) is 9.78. The van der Waals surface area contributed by atoms with E-state index in [1.165, 1.54) is 38.6 Å². The molecule has 1 heterocycles. The van der Waals surface area contributed by atoms with Gasteiger partial charge in [-0.2, -0.15) is 5.26 Å². The van der Waals surface area contributed by atoms with E-state index in [4.69, 9.17) is 5.73 Å². The van der Waals surface area contributed by atoms with Crippen molar-refractivity contribution in [3.63, 3.8) is 0 Å². The molecule has 2 fully saturated rings. The predicted octanol–water partition coefficient (Wildman–Crippen LogP) is 2.83. The molecule has 2 unspecified atom stereocenters. The Labute approximate surface area is 122 Å². The first-order valence-electron chi connectivity index (χ1n) is 7.61. The van der Waals surface area contributed by atoms with Gasteiger partial charge in [-0.1, -0.05) is 24.6 Å². The molecule has 108 valence electrons. The molecule has 3 nitrogen and oxygen atoms in total. The van der Waals surface area contributed by atoms with Crippen LogP contribution in [0.25, 0.3) is 0 Å². The normalized spacial score (nSPS) is 29.1. The van der Waals surface area contributed by atoms with E-state index in [1.54, 1.807) is 6.08 Å². The molecular weight excluding hydrogens is 246 g/mol. The maximum atomic E-state index is 9.48. The second-order valence-electron chi connectivity index (χ2n) is 5.90. The quantitative estimate of drug-likeness (QED) is 0.782. The molecule has 2 aliphatic rings. The van der Waals surface area contributed by atoms with Crippen LogP contribution in [0, 0.1) is 29.1 Å². The zero-order valence-corrected chi connectivity index (χ0v) is 12.3. The van der Waals surface area contributed by atoms with Gasteiger partial charge in [0.15, 0.2) is 0 Å². The number of allylic oxidation sites excluding steroid dienone is 4. The molecule has 0 radical (unpaired) electrons. The average Bonchev–Trinajstić information content (AvgIpc) is 3.02. The van der Waals surface area contributed by atoms with Crippen LogP contribution in [0.4, 0.5) is 0 Å². The summed E-state index contributed by atoms with van der Waals surface area (Å²) >= 11 is 0. The predicted molar refractivity (Wildman–Crippen MR) is 82.6 cm³/mol. The van der Waals surface area contributed by atoms with Crippen molar-refractivity contribution in [3.8, 4) is 6.07 Å². The van der Waals surface area contributed by atoms with Gasteiger partial charge in [0.05, 0.1) is 12.0 Å². The Morgan fingerprint density at radius 2 is 2.10 bits per heavy atom. The third-order valence-electron chi connectivity index (χ3n) is 4.56. The van der Waals surface area contributed by atoms with Crippen molar-refractivity contribution in [2.75, 3.05) is 19.6 Å². The van der Waals surface area contributed by atoms with Gasteiger partial charge in [0, 0.05) is 19.6 Å². The summed E-state index contributed by atoms with van der Waals surface area (Å²) < 4.78 is 0. The highest BCUT2D eigenvalue weighted by Gasteiger charge is 2.36. The standard InChI is InChI=1S/C17H25N3/c1-2-5-14(8-4-9-18)17(10-19)13-20-11-15-6-3-7-16(15)12-20/h2,4-5,8-9,15-17H,3,6-7,11-13,18H2,1H3/b5-2-,9-4+,14-8+/t15-,16?,17?/m1/s1. The van der Waals surface area contributed by atoms with Crippen LogP contribution in [0.3, 0.4) is 0 Å². The molecule has 0 aromatic carbocycles. The summed E-state index contributed by atoms with van der Waals surface area (Å²) in [5.74, 6) is 1.70. The molecule has 0 bridgehead atoms. The molecular formula is C17H25N3. The van der Waals surface area contributed by atoms with Crippen molar-refractivity contribution in [1.29, 1.82) is 5.26 Å². The largest absolute Gasteiger partial charge is 0.405 e. The summed E-state index contributed by atoms with van der Waals surface area (Å²) in [5.41, 5.74) is 6.45. The molecule has 0 amide bonds. The Balaban J connectivity index is 1.99. The second-order valence-corrected chi connectivity index (χ2v) is 5.90. The molecule has 1 saturated heterocycles. The van der Waals surface area contributed by atoms with Crippen molar-refractivity contribution in [2.45, 2.75) is 26.2 Å². The van der Waals surface area contributed by atoms with Gasteiger partial charge in [-0.05, 0) is 49.5 Å². The number of hydrogen-bond donors (Lipinski definition) is 1. The van der Waals surface area contributed by atoms with Crippen molar-refractivity contribution in [1.82, 2.24) is 4.90 Å². The van der Waals surface area contributed by atoms with E-state index in [2.05, 4.69) is 11.0 Å². The van der Waals surface area contributed by atoms with Crippen LogP contribution >= 0.6 is 0 Å². The monoisotopic (exact) mass is 271 g/mol. The zero-order valence-electron chi connectivity index (χ0n) is 12.3. The molecule has 3 heteroatoms. The molecule has 1 aliphatic carbocycles. The number of hydrogen-bond acceptors (Lipinski definition) is 3. The summed E-state index contributed by atoms with van der Waals surface area (Å²) in [7, 11) is 0. The molecule has 0 aromatic heterocycles. The molecule has 3 atom stereocenters. The minimum Gasteiger partial charge on any atom is -0.405 e. The van der Waals surface area contributed by atoms with Crippen LogP contribution in [-0.2, 0) is 0 Å². The fourth-order valence-electron chi connectivity index (χ4n) is 3.61. The van der Waals surface area contributed by atoms with E-state index in [0.29, 0.717) is 0 Å². The lowest BCUT2D eigenvalue weighted by Crippen LogP contribution is -2.28. The summed E-state index contributed by atoms with van der Waals surface area (Å²) in [6.07, 6.45) is 13.4. The van der Waals surface area contributed by atoms with Crippen molar-refractivity contribution >= 4 is 0 Å². The lowest BCUT2D eigenvalue weighted by atomic mass is 9.98. The van der Waals surface area contributed by atoms with Gasteiger partial charge in [-0.25, -0.2) is 0 Å². The highest BCUT2D eigenvalue weighted by molar-refractivity contribution is 5.30. The van der Waals surface area contributed by atoms with Crippen LogP contribution < -0.4 is 5.73 Å². The Morgan fingerprint density at radius 3 is 2.65 bits per heavy atom. The minimum absolute atomic E-state index is 0.0683. The van der Waals surface area contributed by atoms with Crippen LogP contribution in [-0.4, -0.2) is 24.5 Å². The van der Waals surface area contributed by atoms with Gasteiger partial charge in [-0.15, -0.1) is 0 Å². The third-order valence-corrected chi connectivity index (χ3v) is 4.56. The van der Waals surface area contributed by atoms with Crippen molar-refractivity contribution in [3.05, 3.63) is 36.1 Å². The molecule has 2 rings (SSSR count). The second kappa shape index (κ2) is 7.31. The zero-order chi connectivity index (χ0) is 14.4. The SMILES string of the molecule is C\C=C/C(=C\C=C\N)C(C#N)CN1CC2CCC[C@@H]2C1. The summed E-state index contributed by atoms with van der Waals surface area (Å²) in [4.78, 5) is 2.48. The average molecular weight is 271 g/mol. The Kier molecular flexibility index (Phi) is 5.43. The Morgan fingerprint density at radius 1 is 1.40 bits per heavy atom. The lowest BCUT2D eigenvalue weighted by molar-refractivity contribution is 0.296. The number of fused-ring (bicyclic) bond motifs is 1. The highest BCUT2D eigenvalue weighted by Crippen LogP contribution is 2.38. The molecule has 0 spiro atoms. The van der Waals surface area contributed by atoms with Gasteiger partial charge in [0.1, 0.15) is 0 Å². The topological polar surface area (TPSA) is 53.1 Å².